The predicted octanol–water partition coefficient (Wildman–Crippen LogP) is 2.16. The number of morpholine rings is 1. The first-order valence-corrected chi connectivity index (χ1v) is 8.39. The zero-order chi connectivity index (χ0) is 17.2. The van der Waals surface area contributed by atoms with Crippen molar-refractivity contribution in [1.29, 1.82) is 0 Å². The minimum atomic E-state index is -0.355. The number of fused-ring (bicyclic) bond motifs is 1. The Morgan fingerprint density at radius 3 is 2.96 bits per heavy atom. The van der Waals surface area contributed by atoms with Gasteiger partial charge in [0.2, 0.25) is 5.88 Å². The number of rotatable bonds is 4. The molecule has 1 aromatic heterocycles. The lowest BCUT2D eigenvalue weighted by Crippen LogP contribution is -2.37. The number of ether oxygens (including phenoxy) is 2. The Bertz CT molecular complexity index is 837. The third-order valence-corrected chi connectivity index (χ3v) is 4.50. The van der Waals surface area contributed by atoms with E-state index in [0.717, 1.165) is 43.9 Å². The molecule has 0 unspecified atom stereocenters. The van der Waals surface area contributed by atoms with Gasteiger partial charge in [0, 0.05) is 31.1 Å². The van der Waals surface area contributed by atoms with E-state index in [1.54, 1.807) is 6.07 Å². The van der Waals surface area contributed by atoms with Crippen molar-refractivity contribution in [2.45, 2.75) is 0 Å². The molecule has 0 saturated carbocycles. The minimum absolute atomic E-state index is 0.0265. The molecule has 2 aliphatic rings. The molecule has 0 aliphatic carbocycles. The quantitative estimate of drug-likeness (QED) is 0.891. The van der Waals surface area contributed by atoms with Crippen LogP contribution >= 0.6 is 0 Å². The number of hydrogen-bond donors (Lipinski definition) is 2. The number of halogens is 1. The van der Waals surface area contributed by atoms with Gasteiger partial charge in [0.15, 0.2) is 0 Å². The van der Waals surface area contributed by atoms with Gasteiger partial charge in [0.25, 0.3) is 0 Å². The largest absolute Gasteiger partial charge is 0.494 e. The van der Waals surface area contributed by atoms with E-state index in [1.807, 2.05) is 6.08 Å². The van der Waals surface area contributed by atoms with Crippen LogP contribution in [0, 0.1) is 5.82 Å². The van der Waals surface area contributed by atoms with Gasteiger partial charge in [-0.25, -0.2) is 4.39 Å². The maximum atomic E-state index is 13.3. The fourth-order valence-electron chi connectivity index (χ4n) is 3.19. The van der Waals surface area contributed by atoms with E-state index in [2.05, 4.69) is 14.9 Å². The summed E-state index contributed by atoms with van der Waals surface area (Å²) >= 11 is 0. The van der Waals surface area contributed by atoms with Crippen LogP contribution in [0.5, 0.6) is 5.88 Å². The second kappa shape index (κ2) is 6.85. The molecule has 0 amide bonds. The Balaban J connectivity index is 1.49. The predicted molar refractivity (Wildman–Crippen MR) is 93.4 cm³/mol. The molecule has 4 rings (SSSR count). The molecule has 2 aromatic rings. The SMILES string of the molecule is Oc1[nH]c2cc(F)ccc2c1C1=CC(=NCCN2CCOCC2)CO1. The molecule has 7 heteroatoms. The van der Waals surface area contributed by atoms with Crippen molar-refractivity contribution in [2.75, 3.05) is 46.0 Å². The summed E-state index contributed by atoms with van der Waals surface area (Å²) in [5.74, 6) is 0.175. The number of H-pyrrole nitrogens is 1. The van der Waals surface area contributed by atoms with Gasteiger partial charge in [0.05, 0.1) is 36.6 Å². The summed E-state index contributed by atoms with van der Waals surface area (Å²) in [6, 6.07) is 4.35. The second-order valence-corrected chi connectivity index (χ2v) is 6.16. The summed E-state index contributed by atoms with van der Waals surface area (Å²) < 4.78 is 24.4. The Labute approximate surface area is 144 Å². The third-order valence-electron chi connectivity index (χ3n) is 4.50. The van der Waals surface area contributed by atoms with E-state index in [9.17, 15) is 9.50 Å². The molecule has 6 nitrogen and oxygen atoms in total. The highest BCUT2D eigenvalue weighted by atomic mass is 19.1. The summed E-state index contributed by atoms with van der Waals surface area (Å²) in [4.78, 5) is 9.69. The molecule has 25 heavy (non-hydrogen) atoms. The van der Waals surface area contributed by atoms with Crippen LogP contribution in [0.1, 0.15) is 5.56 Å². The van der Waals surface area contributed by atoms with Crippen LogP contribution in [-0.4, -0.2) is 66.7 Å². The first-order chi connectivity index (χ1) is 12.2. The Morgan fingerprint density at radius 1 is 1.28 bits per heavy atom. The number of nitrogens with zero attached hydrogens (tertiary/aromatic N) is 2. The van der Waals surface area contributed by atoms with E-state index in [4.69, 9.17) is 9.47 Å². The second-order valence-electron chi connectivity index (χ2n) is 6.16. The fourth-order valence-corrected chi connectivity index (χ4v) is 3.19. The van der Waals surface area contributed by atoms with Crippen molar-refractivity contribution in [3.05, 3.63) is 35.7 Å². The van der Waals surface area contributed by atoms with E-state index in [1.165, 1.54) is 12.1 Å². The van der Waals surface area contributed by atoms with Gasteiger partial charge in [-0.3, -0.25) is 9.89 Å². The molecular weight excluding hydrogens is 325 g/mol. The van der Waals surface area contributed by atoms with Crippen molar-refractivity contribution >= 4 is 22.4 Å². The lowest BCUT2D eigenvalue weighted by atomic mass is 10.1. The standard InChI is InChI=1S/C18H20FN3O3/c19-12-1-2-14-15(9-12)21-18(23)17(14)16-10-13(11-25-16)20-3-4-22-5-7-24-8-6-22/h1-2,9-10,21,23H,3-8,11H2. The monoisotopic (exact) mass is 345 g/mol. The van der Waals surface area contributed by atoms with Gasteiger partial charge in [-0.1, -0.05) is 0 Å². The Kier molecular flexibility index (Phi) is 4.42. The molecule has 0 atom stereocenters. The van der Waals surface area contributed by atoms with Crippen LogP contribution in [0.4, 0.5) is 4.39 Å². The molecule has 0 bridgehead atoms. The first kappa shape index (κ1) is 16.1. The average molecular weight is 345 g/mol. The van der Waals surface area contributed by atoms with Gasteiger partial charge in [-0.05, 0) is 18.2 Å². The highest BCUT2D eigenvalue weighted by molar-refractivity contribution is 6.07. The zero-order valence-electron chi connectivity index (χ0n) is 13.8. The number of aromatic hydroxyl groups is 1. The number of aromatic amines is 1. The number of aliphatic imine (C=N–C) groups is 1. The van der Waals surface area contributed by atoms with Crippen LogP contribution in [-0.2, 0) is 9.47 Å². The van der Waals surface area contributed by atoms with Crippen LogP contribution < -0.4 is 0 Å². The molecule has 1 aromatic carbocycles. The summed E-state index contributed by atoms with van der Waals surface area (Å²) in [7, 11) is 0. The summed E-state index contributed by atoms with van der Waals surface area (Å²) in [5, 5.41) is 10.9. The number of nitrogens with one attached hydrogen (secondary N) is 1. The van der Waals surface area contributed by atoms with Gasteiger partial charge >= 0.3 is 0 Å². The molecule has 2 N–H and O–H groups in total. The maximum Gasteiger partial charge on any atom is 0.200 e. The fraction of sp³-hybridized carbons (Fsp3) is 0.389. The molecule has 1 saturated heterocycles. The molecular formula is C18H20FN3O3. The third kappa shape index (κ3) is 3.38. The zero-order valence-corrected chi connectivity index (χ0v) is 13.8. The average Bonchev–Trinajstić information content (AvgIpc) is 3.18. The highest BCUT2D eigenvalue weighted by Crippen LogP contribution is 2.35. The summed E-state index contributed by atoms with van der Waals surface area (Å²) in [5.41, 5.74) is 1.93. The summed E-state index contributed by atoms with van der Waals surface area (Å²) in [6.45, 7) is 5.44. The number of aromatic nitrogens is 1. The van der Waals surface area contributed by atoms with Gasteiger partial charge < -0.3 is 19.6 Å². The molecule has 0 radical (unpaired) electrons. The highest BCUT2D eigenvalue weighted by Gasteiger charge is 2.21. The van der Waals surface area contributed by atoms with E-state index in [-0.39, 0.29) is 11.7 Å². The van der Waals surface area contributed by atoms with Crippen LogP contribution in [0.25, 0.3) is 16.7 Å². The maximum absolute atomic E-state index is 13.3. The van der Waals surface area contributed by atoms with Gasteiger partial charge in [-0.2, -0.15) is 0 Å². The molecule has 132 valence electrons. The molecule has 0 spiro atoms. The van der Waals surface area contributed by atoms with Crippen molar-refractivity contribution in [2.24, 2.45) is 4.99 Å². The van der Waals surface area contributed by atoms with E-state index >= 15 is 0 Å². The summed E-state index contributed by atoms with van der Waals surface area (Å²) in [6.07, 6.45) is 1.84. The first-order valence-electron chi connectivity index (χ1n) is 8.39. The lowest BCUT2D eigenvalue weighted by molar-refractivity contribution is 0.0394. The van der Waals surface area contributed by atoms with E-state index in [0.29, 0.717) is 30.0 Å². The number of hydrogen-bond acceptors (Lipinski definition) is 5. The van der Waals surface area contributed by atoms with Gasteiger partial charge in [-0.15, -0.1) is 0 Å². The van der Waals surface area contributed by atoms with Crippen LogP contribution in [0.2, 0.25) is 0 Å². The van der Waals surface area contributed by atoms with Crippen LogP contribution in [0.3, 0.4) is 0 Å². The normalized spacial score (nSPS) is 20.2. The van der Waals surface area contributed by atoms with Crippen molar-refractivity contribution in [3.8, 4) is 5.88 Å². The van der Waals surface area contributed by atoms with Gasteiger partial charge in [0.1, 0.15) is 18.2 Å². The van der Waals surface area contributed by atoms with Crippen LogP contribution in [0.15, 0.2) is 29.3 Å². The number of benzene rings is 1. The molecule has 1 fully saturated rings. The van der Waals surface area contributed by atoms with Crippen molar-refractivity contribution < 1.29 is 19.0 Å². The minimum Gasteiger partial charge on any atom is -0.494 e. The van der Waals surface area contributed by atoms with Crippen molar-refractivity contribution in [1.82, 2.24) is 9.88 Å². The Morgan fingerprint density at radius 2 is 2.12 bits per heavy atom. The van der Waals surface area contributed by atoms with E-state index < -0.39 is 0 Å². The smallest absolute Gasteiger partial charge is 0.200 e. The topological polar surface area (TPSA) is 70.1 Å². The Hall–Kier alpha value is -2.38. The lowest BCUT2D eigenvalue weighted by Gasteiger charge is -2.25. The molecule has 3 heterocycles. The van der Waals surface area contributed by atoms with Crippen molar-refractivity contribution in [3.63, 3.8) is 0 Å². The molecule has 2 aliphatic heterocycles.